The highest BCUT2D eigenvalue weighted by Crippen LogP contribution is 2.40. The topological polar surface area (TPSA) is 21.3 Å². The summed E-state index contributed by atoms with van der Waals surface area (Å²) in [6.45, 7) is 2.76. The largest absolute Gasteiger partial charge is 0.492 e. The SMILES string of the molecule is C#CC(CCC)NC1CCOc2c(Cl)cc(Cl)cc21. The molecule has 0 saturated carbocycles. The Labute approximate surface area is 124 Å². The minimum absolute atomic E-state index is 0.0682. The minimum atomic E-state index is 0.0682. The van der Waals surface area contributed by atoms with Crippen molar-refractivity contribution in [1.82, 2.24) is 5.32 Å². The summed E-state index contributed by atoms with van der Waals surface area (Å²) < 4.78 is 5.63. The second-order valence-corrected chi connectivity index (χ2v) is 5.51. The van der Waals surface area contributed by atoms with E-state index in [-0.39, 0.29) is 12.1 Å². The molecule has 0 radical (unpaired) electrons. The van der Waals surface area contributed by atoms with Crippen molar-refractivity contribution >= 4 is 23.2 Å². The first-order valence-corrected chi connectivity index (χ1v) is 7.25. The molecule has 2 rings (SSSR count). The van der Waals surface area contributed by atoms with Crippen LogP contribution in [0.3, 0.4) is 0 Å². The predicted octanol–water partition coefficient (Wildman–Crippen LogP) is 4.21. The third kappa shape index (κ3) is 3.36. The Morgan fingerprint density at radius 2 is 2.32 bits per heavy atom. The van der Waals surface area contributed by atoms with Gasteiger partial charge in [-0.1, -0.05) is 42.5 Å². The summed E-state index contributed by atoms with van der Waals surface area (Å²) in [4.78, 5) is 0. The van der Waals surface area contributed by atoms with Crippen LogP contribution in [0.15, 0.2) is 12.1 Å². The van der Waals surface area contributed by atoms with Crippen LogP contribution in [0.4, 0.5) is 0 Å². The Morgan fingerprint density at radius 1 is 1.53 bits per heavy atom. The number of rotatable bonds is 4. The second-order valence-electron chi connectivity index (χ2n) is 4.67. The van der Waals surface area contributed by atoms with Crippen molar-refractivity contribution < 1.29 is 4.74 Å². The quantitative estimate of drug-likeness (QED) is 0.841. The summed E-state index contributed by atoms with van der Waals surface area (Å²) in [7, 11) is 0. The first-order valence-electron chi connectivity index (χ1n) is 6.49. The maximum atomic E-state index is 6.17. The Hall–Kier alpha value is -0.880. The molecular formula is C15H17Cl2NO. The first-order chi connectivity index (χ1) is 9.15. The molecule has 0 bridgehead atoms. The van der Waals surface area contributed by atoms with Crippen LogP contribution < -0.4 is 10.1 Å². The fourth-order valence-corrected chi connectivity index (χ4v) is 2.91. The third-order valence-corrected chi connectivity index (χ3v) is 3.75. The van der Waals surface area contributed by atoms with E-state index in [0.29, 0.717) is 16.7 Å². The molecule has 0 saturated heterocycles. The van der Waals surface area contributed by atoms with Gasteiger partial charge in [0.25, 0.3) is 0 Å². The van der Waals surface area contributed by atoms with Crippen LogP contribution in [0.5, 0.6) is 5.75 Å². The van der Waals surface area contributed by atoms with E-state index < -0.39 is 0 Å². The molecule has 1 N–H and O–H groups in total. The molecule has 0 aliphatic carbocycles. The monoisotopic (exact) mass is 297 g/mol. The number of ether oxygens (including phenoxy) is 1. The van der Waals surface area contributed by atoms with Crippen LogP contribution in [0.25, 0.3) is 0 Å². The molecule has 0 aromatic heterocycles. The molecule has 1 aliphatic heterocycles. The lowest BCUT2D eigenvalue weighted by molar-refractivity contribution is 0.248. The lowest BCUT2D eigenvalue weighted by atomic mass is 9.99. The number of halogens is 2. The summed E-state index contributed by atoms with van der Waals surface area (Å²) in [6.07, 6.45) is 8.43. The van der Waals surface area contributed by atoms with Gasteiger partial charge in [-0.25, -0.2) is 0 Å². The van der Waals surface area contributed by atoms with Gasteiger partial charge in [-0.3, -0.25) is 5.32 Å². The van der Waals surface area contributed by atoms with E-state index >= 15 is 0 Å². The van der Waals surface area contributed by atoms with Crippen molar-refractivity contribution in [2.24, 2.45) is 0 Å². The van der Waals surface area contributed by atoms with Gasteiger partial charge in [0.15, 0.2) is 0 Å². The molecule has 0 spiro atoms. The Kier molecular flexibility index (Phi) is 4.99. The first kappa shape index (κ1) is 14.5. The summed E-state index contributed by atoms with van der Waals surface area (Å²) in [5.41, 5.74) is 1.00. The van der Waals surface area contributed by atoms with Crippen LogP contribution in [0.1, 0.15) is 37.8 Å². The molecule has 1 aromatic rings. The van der Waals surface area contributed by atoms with Gasteiger partial charge >= 0.3 is 0 Å². The van der Waals surface area contributed by atoms with Gasteiger partial charge in [-0.2, -0.15) is 0 Å². The standard InChI is InChI=1S/C15H17Cl2NO/c1-3-5-11(4-2)18-14-6-7-19-15-12(14)8-10(16)9-13(15)17/h2,8-9,11,14,18H,3,5-7H2,1H3. The maximum absolute atomic E-state index is 6.17. The van der Waals surface area contributed by atoms with Crippen molar-refractivity contribution in [2.75, 3.05) is 6.61 Å². The predicted molar refractivity (Wildman–Crippen MR) is 80.0 cm³/mol. The molecule has 0 amide bonds. The van der Waals surface area contributed by atoms with E-state index in [2.05, 4.69) is 18.2 Å². The molecule has 1 heterocycles. The second kappa shape index (κ2) is 6.52. The van der Waals surface area contributed by atoms with Crippen LogP contribution in [0, 0.1) is 12.3 Å². The molecule has 2 nitrogen and oxygen atoms in total. The molecule has 0 fully saturated rings. The van der Waals surface area contributed by atoms with E-state index in [9.17, 15) is 0 Å². The van der Waals surface area contributed by atoms with E-state index in [1.807, 2.05) is 6.07 Å². The highest BCUT2D eigenvalue weighted by molar-refractivity contribution is 6.35. The lowest BCUT2D eigenvalue weighted by Crippen LogP contribution is -2.34. The van der Waals surface area contributed by atoms with Crippen molar-refractivity contribution in [3.05, 3.63) is 27.7 Å². The number of hydrogen-bond acceptors (Lipinski definition) is 2. The zero-order valence-corrected chi connectivity index (χ0v) is 12.4. The van der Waals surface area contributed by atoms with Crippen LogP contribution >= 0.6 is 23.2 Å². The molecule has 19 heavy (non-hydrogen) atoms. The molecule has 2 unspecified atom stereocenters. The van der Waals surface area contributed by atoms with Crippen molar-refractivity contribution in [2.45, 2.75) is 38.3 Å². The third-order valence-electron chi connectivity index (χ3n) is 3.25. The zero-order valence-electron chi connectivity index (χ0n) is 10.9. The van der Waals surface area contributed by atoms with Gasteiger partial charge in [0.05, 0.1) is 17.7 Å². The summed E-state index contributed by atoms with van der Waals surface area (Å²) >= 11 is 12.2. The zero-order chi connectivity index (χ0) is 13.8. The highest BCUT2D eigenvalue weighted by atomic mass is 35.5. The number of fused-ring (bicyclic) bond motifs is 1. The summed E-state index contributed by atoms with van der Waals surface area (Å²) in [5, 5.41) is 4.66. The van der Waals surface area contributed by atoms with Crippen molar-refractivity contribution in [3.63, 3.8) is 0 Å². The molecule has 2 atom stereocenters. The van der Waals surface area contributed by atoms with Crippen molar-refractivity contribution in [3.8, 4) is 18.1 Å². The Bertz CT molecular complexity index is 496. The Morgan fingerprint density at radius 3 is 3.00 bits per heavy atom. The van der Waals surface area contributed by atoms with E-state index in [1.165, 1.54) is 0 Å². The number of hydrogen-bond donors (Lipinski definition) is 1. The van der Waals surface area contributed by atoms with Gasteiger partial charge in [-0.05, 0) is 18.6 Å². The summed E-state index contributed by atoms with van der Waals surface area (Å²) in [6, 6.07) is 3.82. The lowest BCUT2D eigenvalue weighted by Gasteiger charge is -2.29. The highest BCUT2D eigenvalue weighted by Gasteiger charge is 2.25. The molecule has 1 aromatic carbocycles. The smallest absolute Gasteiger partial charge is 0.142 e. The average molecular weight is 298 g/mol. The van der Waals surface area contributed by atoms with Gasteiger partial charge < -0.3 is 4.74 Å². The van der Waals surface area contributed by atoms with Gasteiger partial charge in [0.1, 0.15) is 5.75 Å². The fourth-order valence-electron chi connectivity index (χ4n) is 2.35. The number of nitrogens with one attached hydrogen (secondary N) is 1. The van der Waals surface area contributed by atoms with E-state index in [0.717, 1.165) is 30.6 Å². The maximum Gasteiger partial charge on any atom is 0.142 e. The van der Waals surface area contributed by atoms with E-state index in [4.69, 9.17) is 34.4 Å². The molecule has 1 aliphatic rings. The van der Waals surface area contributed by atoms with E-state index in [1.54, 1.807) is 6.07 Å². The molecule has 4 heteroatoms. The normalized spacial score (nSPS) is 19.2. The van der Waals surface area contributed by atoms with Crippen LogP contribution in [0.2, 0.25) is 10.0 Å². The van der Waals surface area contributed by atoms with Crippen LogP contribution in [-0.4, -0.2) is 12.6 Å². The molecule has 102 valence electrons. The fraction of sp³-hybridized carbons (Fsp3) is 0.467. The van der Waals surface area contributed by atoms with Crippen molar-refractivity contribution in [1.29, 1.82) is 0 Å². The van der Waals surface area contributed by atoms with Gasteiger partial charge in [0.2, 0.25) is 0 Å². The van der Waals surface area contributed by atoms with Gasteiger partial charge in [0, 0.05) is 23.0 Å². The molecular weight excluding hydrogens is 281 g/mol. The summed E-state index contributed by atoms with van der Waals surface area (Å²) in [5.74, 6) is 3.52. The Balaban J connectivity index is 2.24. The average Bonchev–Trinajstić information content (AvgIpc) is 2.39. The minimum Gasteiger partial charge on any atom is -0.492 e. The van der Waals surface area contributed by atoms with Crippen LogP contribution in [-0.2, 0) is 0 Å². The van der Waals surface area contributed by atoms with Gasteiger partial charge in [-0.15, -0.1) is 6.42 Å². The number of benzene rings is 1. The number of terminal acetylenes is 1.